The minimum atomic E-state index is -0.311. The summed E-state index contributed by atoms with van der Waals surface area (Å²) in [5, 5.41) is 0. The summed E-state index contributed by atoms with van der Waals surface area (Å²) >= 11 is 0. The molecule has 0 radical (unpaired) electrons. The number of hydrogen-bond donors (Lipinski definition) is 0. The highest BCUT2D eigenvalue weighted by molar-refractivity contribution is 5.93. The molecule has 1 saturated carbocycles. The molecule has 0 aromatic carbocycles. The van der Waals surface area contributed by atoms with Crippen LogP contribution in [0.5, 0.6) is 0 Å². The third-order valence-corrected chi connectivity index (χ3v) is 5.32. The molecule has 5 heteroatoms. The lowest BCUT2D eigenvalue weighted by atomic mass is 9.85. The van der Waals surface area contributed by atoms with Crippen LogP contribution in [0.3, 0.4) is 0 Å². The van der Waals surface area contributed by atoms with Crippen LogP contribution in [0.2, 0.25) is 0 Å². The fourth-order valence-electron chi connectivity index (χ4n) is 3.97. The zero-order valence-electron chi connectivity index (χ0n) is 12.8. The van der Waals surface area contributed by atoms with Gasteiger partial charge in [-0.3, -0.25) is 9.59 Å². The van der Waals surface area contributed by atoms with Gasteiger partial charge in [0, 0.05) is 19.6 Å². The van der Waals surface area contributed by atoms with Gasteiger partial charge in [-0.05, 0) is 50.2 Å². The quantitative estimate of drug-likeness (QED) is 0.861. The summed E-state index contributed by atoms with van der Waals surface area (Å²) in [7, 11) is 0. The topological polar surface area (TPSA) is 53.8 Å². The fourth-order valence-corrected chi connectivity index (χ4v) is 3.97. The Balaban J connectivity index is 1.57. The lowest BCUT2D eigenvalue weighted by Gasteiger charge is -2.44. The van der Waals surface area contributed by atoms with Crippen molar-refractivity contribution in [3.63, 3.8) is 0 Å². The van der Waals surface area contributed by atoms with Crippen LogP contribution in [-0.2, 0) is 4.79 Å². The molecule has 22 heavy (non-hydrogen) atoms. The molecule has 0 bridgehead atoms. The van der Waals surface area contributed by atoms with Crippen molar-refractivity contribution in [2.24, 2.45) is 5.92 Å². The number of carbonyl (C=O) groups excluding carboxylic acids is 2. The van der Waals surface area contributed by atoms with E-state index < -0.39 is 0 Å². The molecule has 1 atom stereocenters. The Hall–Kier alpha value is -1.78. The van der Waals surface area contributed by atoms with E-state index >= 15 is 0 Å². The molecule has 0 N–H and O–H groups in total. The van der Waals surface area contributed by atoms with E-state index in [2.05, 4.69) is 0 Å². The first-order valence-corrected chi connectivity index (χ1v) is 8.31. The lowest BCUT2D eigenvalue weighted by Crippen LogP contribution is -2.56. The molecule has 118 valence electrons. The Morgan fingerprint density at radius 2 is 2.23 bits per heavy atom. The monoisotopic (exact) mass is 302 g/mol. The number of nitrogens with zero attached hydrogens (tertiary/aromatic N) is 2. The second kappa shape index (κ2) is 5.14. The molecular formula is C17H22N2O3. The molecule has 1 unspecified atom stereocenters. The van der Waals surface area contributed by atoms with Gasteiger partial charge in [-0.2, -0.15) is 0 Å². The molecule has 3 aliphatic rings. The minimum absolute atomic E-state index is 0.0641. The van der Waals surface area contributed by atoms with Crippen LogP contribution < -0.4 is 0 Å². The van der Waals surface area contributed by atoms with E-state index in [0.29, 0.717) is 24.6 Å². The van der Waals surface area contributed by atoms with Gasteiger partial charge in [-0.1, -0.05) is 0 Å². The SMILES string of the molecule is O=C1CC2(CCCCN2C(=O)c2ccco2)CN1CC1CC1. The molecule has 2 aliphatic heterocycles. The number of piperidine rings is 1. The van der Waals surface area contributed by atoms with E-state index in [4.69, 9.17) is 4.42 Å². The Bertz CT molecular complexity index is 579. The Morgan fingerprint density at radius 3 is 2.95 bits per heavy atom. The molecule has 1 spiro atoms. The Kier molecular flexibility index (Phi) is 3.24. The van der Waals surface area contributed by atoms with Crippen molar-refractivity contribution in [1.82, 2.24) is 9.80 Å². The molecule has 5 nitrogen and oxygen atoms in total. The van der Waals surface area contributed by atoms with Crippen LogP contribution in [0.25, 0.3) is 0 Å². The zero-order chi connectivity index (χ0) is 15.2. The smallest absolute Gasteiger partial charge is 0.290 e. The maximum Gasteiger partial charge on any atom is 0.290 e. The maximum atomic E-state index is 12.8. The van der Waals surface area contributed by atoms with Gasteiger partial charge in [0.2, 0.25) is 5.91 Å². The first kappa shape index (κ1) is 13.9. The number of likely N-dealkylation sites (tertiary alicyclic amines) is 2. The average molecular weight is 302 g/mol. The van der Waals surface area contributed by atoms with Gasteiger partial charge in [0.1, 0.15) is 0 Å². The van der Waals surface area contributed by atoms with E-state index in [1.54, 1.807) is 12.1 Å². The van der Waals surface area contributed by atoms with Gasteiger partial charge >= 0.3 is 0 Å². The maximum absolute atomic E-state index is 12.8. The van der Waals surface area contributed by atoms with Gasteiger partial charge in [0.25, 0.3) is 5.91 Å². The van der Waals surface area contributed by atoms with Crippen LogP contribution in [0.15, 0.2) is 22.8 Å². The van der Waals surface area contributed by atoms with Crippen molar-refractivity contribution in [2.75, 3.05) is 19.6 Å². The Morgan fingerprint density at radius 1 is 1.36 bits per heavy atom. The van der Waals surface area contributed by atoms with Crippen molar-refractivity contribution in [3.8, 4) is 0 Å². The summed E-state index contributed by atoms with van der Waals surface area (Å²) in [4.78, 5) is 29.1. The number of furan rings is 1. The van der Waals surface area contributed by atoms with Gasteiger partial charge in [-0.25, -0.2) is 0 Å². The summed E-state index contributed by atoms with van der Waals surface area (Å²) in [6.45, 7) is 2.31. The summed E-state index contributed by atoms with van der Waals surface area (Å²) in [5.41, 5.74) is -0.311. The number of hydrogen-bond acceptors (Lipinski definition) is 3. The van der Waals surface area contributed by atoms with E-state index in [1.165, 1.54) is 19.1 Å². The standard InChI is InChI=1S/C17H22N2O3/c20-15-10-17(12-18(15)11-13-5-6-13)7-1-2-8-19(17)16(21)14-4-3-9-22-14/h3-4,9,13H,1-2,5-8,10-12H2. The van der Waals surface area contributed by atoms with E-state index in [9.17, 15) is 9.59 Å². The first-order chi connectivity index (χ1) is 10.7. The van der Waals surface area contributed by atoms with Gasteiger partial charge in [-0.15, -0.1) is 0 Å². The highest BCUT2D eigenvalue weighted by atomic mass is 16.3. The molecular weight excluding hydrogens is 280 g/mol. The molecule has 4 rings (SSSR count). The van der Waals surface area contributed by atoms with Crippen LogP contribution in [0, 0.1) is 5.92 Å². The summed E-state index contributed by atoms with van der Waals surface area (Å²) in [6.07, 6.45) is 7.51. The minimum Gasteiger partial charge on any atom is -0.459 e. The lowest BCUT2D eigenvalue weighted by molar-refractivity contribution is -0.128. The number of carbonyl (C=O) groups is 2. The second-order valence-electron chi connectivity index (χ2n) is 7.01. The average Bonchev–Trinajstić information content (AvgIpc) is 3.05. The highest BCUT2D eigenvalue weighted by Crippen LogP contribution is 2.40. The van der Waals surface area contributed by atoms with Gasteiger partial charge < -0.3 is 14.2 Å². The van der Waals surface area contributed by atoms with Crippen LogP contribution in [0.4, 0.5) is 0 Å². The summed E-state index contributed by atoms with van der Waals surface area (Å²) in [6, 6.07) is 3.45. The molecule has 1 aliphatic carbocycles. The molecule has 2 saturated heterocycles. The van der Waals surface area contributed by atoms with Gasteiger partial charge in [0.15, 0.2) is 5.76 Å². The number of amides is 2. The molecule has 2 amide bonds. The van der Waals surface area contributed by atoms with Crippen molar-refractivity contribution >= 4 is 11.8 Å². The van der Waals surface area contributed by atoms with Crippen LogP contribution in [0.1, 0.15) is 49.1 Å². The highest BCUT2D eigenvalue weighted by Gasteiger charge is 2.51. The van der Waals surface area contributed by atoms with Crippen molar-refractivity contribution in [3.05, 3.63) is 24.2 Å². The summed E-state index contributed by atoms with van der Waals surface area (Å²) < 4.78 is 5.29. The predicted molar refractivity (Wildman–Crippen MR) is 80.2 cm³/mol. The van der Waals surface area contributed by atoms with Gasteiger partial charge in [0.05, 0.1) is 18.2 Å². The molecule has 1 aromatic heterocycles. The van der Waals surface area contributed by atoms with E-state index in [1.807, 2.05) is 9.80 Å². The molecule has 3 fully saturated rings. The molecule has 3 heterocycles. The fraction of sp³-hybridized carbons (Fsp3) is 0.647. The summed E-state index contributed by atoms with van der Waals surface area (Å²) in [5.74, 6) is 1.23. The van der Waals surface area contributed by atoms with Crippen molar-refractivity contribution < 1.29 is 14.0 Å². The van der Waals surface area contributed by atoms with Crippen molar-refractivity contribution in [2.45, 2.75) is 44.1 Å². The van der Waals surface area contributed by atoms with E-state index in [0.717, 1.165) is 32.4 Å². The zero-order valence-corrected chi connectivity index (χ0v) is 12.8. The Labute approximate surface area is 130 Å². The number of rotatable bonds is 3. The second-order valence-corrected chi connectivity index (χ2v) is 7.01. The normalized spacial score (nSPS) is 28.6. The predicted octanol–water partition coefficient (Wildman–Crippen LogP) is 2.29. The third kappa shape index (κ3) is 2.32. The van der Waals surface area contributed by atoms with Crippen molar-refractivity contribution in [1.29, 1.82) is 0 Å². The molecule has 1 aromatic rings. The third-order valence-electron chi connectivity index (χ3n) is 5.32. The van der Waals surface area contributed by atoms with Crippen LogP contribution in [-0.4, -0.2) is 46.8 Å². The first-order valence-electron chi connectivity index (χ1n) is 8.31. The van der Waals surface area contributed by atoms with Crippen LogP contribution >= 0.6 is 0 Å². The van der Waals surface area contributed by atoms with E-state index in [-0.39, 0.29) is 17.4 Å². The largest absolute Gasteiger partial charge is 0.459 e.